The molecule has 81 heavy (non-hydrogen) atoms. The van der Waals surface area contributed by atoms with Crippen molar-refractivity contribution in [2.45, 2.75) is 31.7 Å². The molecule has 7 nitrogen and oxygen atoms in total. The lowest BCUT2D eigenvalue weighted by atomic mass is 9.91. The van der Waals surface area contributed by atoms with Crippen LogP contribution in [0.5, 0.6) is 5.75 Å². The Morgan fingerprint density at radius 3 is 1.77 bits per heavy atom. The summed E-state index contributed by atoms with van der Waals surface area (Å²) < 4.78 is 62.1. The molecule has 0 fully saturated rings. The predicted molar refractivity (Wildman–Crippen MR) is 311 cm³/mol. The van der Waals surface area contributed by atoms with Gasteiger partial charge < -0.3 is 18.5 Å². The molecule has 0 N–H and O–H groups in total. The smallest absolute Gasteiger partial charge is 0.416 e. The number of carbonyl (C=O) groups excluding carboxylic acids is 3. The number of hydrogen-bond donors (Lipinski definition) is 0. The van der Waals surface area contributed by atoms with Gasteiger partial charge in [-0.1, -0.05) is 212 Å². The summed E-state index contributed by atoms with van der Waals surface area (Å²) >= 11 is 0. The molecule has 0 aliphatic rings. The third-order valence-corrected chi connectivity index (χ3v) is 14.8. The van der Waals surface area contributed by atoms with Crippen LogP contribution in [0.2, 0.25) is 0 Å². The minimum atomic E-state index is -4.65. The lowest BCUT2D eigenvalue weighted by Gasteiger charge is -2.20. The number of ether oxygens (including phenoxy) is 2. The van der Waals surface area contributed by atoms with Gasteiger partial charge in [0.1, 0.15) is 16.9 Å². The van der Waals surface area contributed by atoms with Crippen LogP contribution >= 0.6 is 0 Å². The van der Waals surface area contributed by atoms with Crippen molar-refractivity contribution < 1.29 is 41.4 Å². The Morgan fingerprint density at radius 1 is 0.506 bits per heavy atom. The van der Waals surface area contributed by atoms with E-state index < -0.39 is 47.9 Å². The first-order chi connectivity index (χ1) is 39.5. The van der Waals surface area contributed by atoms with Crippen LogP contribution in [0.4, 0.5) is 13.2 Å². The number of Topliss-reactive ketones (excluding diaryl/α,β-unsaturated/α-hetero) is 1. The SMILES string of the molecule is O=C(CC(Cc1cccc(C(F)(F)F)c1)C(=O)OC(=O)C(Oc1ccc(-c2ccc(-c3ccc4ccn(Cc5ccccc5)c4c3)cc2)cc1)c1ccccc1)c1ccc(-c2ccc(-c3cccc4c3oc3ccccc34)cc2)cc1. The average molecular weight is 1070 g/mol. The summed E-state index contributed by atoms with van der Waals surface area (Å²) in [6.45, 7) is 0.771. The van der Waals surface area contributed by atoms with Crippen molar-refractivity contribution in [2.24, 2.45) is 5.92 Å². The van der Waals surface area contributed by atoms with E-state index in [0.29, 0.717) is 11.3 Å². The molecule has 10 heteroatoms. The number of fused-ring (bicyclic) bond motifs is 4. The van der Waals surface area contributed by atoms with E-state index >= 15 is 0 Å². The molecule has 2 heterocycles. The standard InChI is InChI=1S/C71H50F3NO6/c72-71(73,74)59-16-9-13-47(42-59)41-58(44-65(76)55-32-27-50(28-33-55)49-25-29-53(30-26-49)61-18-10-19-63-62-17-7-8-20-66(62)80-68(61)63)69(77)81-70(78)67(56-14-5-2-6-15-56)79-60-37-35-51(36-38-60)48-21-23-52(24-22-48)57-34-31-54-39-40-75(64(54)43-57)45-46-11-3-1-4-12-46/h1-40,42-43,58,67H,41,44-45H2. The maximum Gasteiger partial charge on any atom is 0.416 e. The van der Waals surface area contributed by atoms with E-state index in [4.69, 9.17) is 13.9 Å². The van der Waals surface area contributed by atoms with Crippen LogP contribution in [-0.4, -0.2) is 22.3 Å². The zero-order chi connectivity index (χ0) is 55.5. The average Bonchev–Trinajstić information content (AvgIpc) is 4.34. The monoisotopic (exact) mass is 1070 g/mol. The molecule has 0 amide bonds. The van der Waals surface area contributed by atoms with Crippen molar-refractivity contribution in [2.75, 3.05) is 0 Å². The van der Waals surface area contributed by atoms with E-state index in [1.807, 2.05) is 97.1 Å². The Morgan fingerprint density at radius 2 is 1.07 bits per heavy atom. The molecule has 0 radical (unpaired) electrons. The zero-order valence-corrected chi connectivity index (χ0v) is 43.6. The van der Waals surface area contributed by atoms with E-state index in [1.165, 1.54) is 23.1 Å². The van der Waals surface area contributed by atoms with Crippen LogP contribution in [0.3, 0.4) is 0 Å². The largest absolute Gasteiger partial charge is 0.474 e. The molecule has 0 aliphatic carbocycles. The molecule has 396 valence electrons. The normalized spacial score (nSPS) is 12.3. The molecule has 0 spiro atoms. The van der Waals surface area contributed by atoms with E-state index in [-0.39, 0.29) is 17.5 Å². The number of nitrogens with zero attached hydrogens (tertiary/aromatic N) is 1. The molecule has 0 saturated heterocycles. The number of rotatable bonds is 16. The van der Waals surface area contributed by atoms with Crippen molar-refractivity contribution in [3.63, 3.8) is 0 Å². The number of alkyl halides is 3. The summed E-state index contributed by atoms with van der Waals surface area (Å²) in [7, 11) is 0. The summed E-state index contributed by atoms with van der Waals surface area (Å²) in [5.74, 6) is -3.62. The van der Waals surface area contributed by atoms with Gasteiger partial charge in [0.25, 0.3) is 0 Å². The highest BCUT2D eigenvalue weighted by atomic mass is 19.4. The van der Waals surface area contributed by atoms with Gasteiger partial charge in [-0.3, -0.25) is 9.59 Å². The highest BCUT2D eigenvalue weighted by molar-refractivity contribution is 6.09. The van der Waals surface area contributed by atoms with E-state index in [9.17, 15) is 27.6 Å². The summed E-state index contributed by atoms with van der Waals surface area (Å²) in [6, 6.07) is 76.4. The Bertz CT molecular complexity index is 4230. The van der Waals surface area contributed by atoms with Gasteiger partial charge in [-0.15, -0.1) is 0 Å². The van der Waals surface area contributed by atoms with Crippen molar-refractivity contribution in [3.05, 3.63) is 283 Å². The maximum atomic E-state index is 14.2. The number of ketones is 1. The minimum absolute atomic E-state index is 0.139. The molecule has 2 unspecified atom stereocenters. The molecule has 2 aromatic heterocycles. The van der Waals surface area contributed by atoms with Gasteiger partial charge >= 0.3 is 18.1 Å². The first kappa shape index (κ1) is 51.7. The third-order valence-electron chi connectivity index (χ3n) is 14.8. The summed E-state index contributed by atoms with van der Waals surface area (Å²) in [5, 5.41) is 3.24. The summed E-state index contributed by atoms with van der Waals surface area (Å²) in [6.07, 6.45) is -4.73. The molecule has 12 rings (SSSR count). The van der Waals surface area contributed by atoms with Gasteiger partial charge in [0.05, 0.1) is 11.5 Å². The van der Waals surface area contributed by atoms with Gasteiger partial charge in [0, 0.05) is 52.1 Å². The number of furan rings is 1. The fourth-order valence-corrected chi connectivity index (χ4v) is 10.5. The molecule has 0 bridgehead atoms. The number of benzene rings is 10. The van der Waals surface area contributed by atoms with Crippen molar-refractivity contribution >= 4 is 50.6 Å². The number of carbonyl (C=O) groups is 3. The van der Waals surface area contributed by atoms with Crippen LogP contribution in [0.15, 0.2) is 259 Å². The van der Waals surface area contributed by atoms with Gasteiger partial charge in [-0.25, -0.2) is 4.79 Å². The first-order valence-corrected chi connectivity index (χ1v) is 26.6. The molecule has 0 aliphatic heterocycles. The summed E-state index contributed by atoms with van der Waals surface area (Å²) in [5.41, 5.74) is 11.5. The lowest BCUT2D eigenvalue weighted by molar-refractivity contribution is -0.167. The van der Waals surface area contributed by atoms with Crippen molar-refractivity contribution in [1.82, 2.24) is 4.57 Å². The molecule has 0 saturated carbocycles. The molecular weight excluding hydrogens is 1020 g/mol. The van der Waals surface area contributed by atoms with E-state index in [0.717, 1.165) is 90.6 Å². The highest BCUT2D eigenvalue weighted by Crippen LogP contribution is 2.38. The third kappa shape index (κ3) is 11.3. The van der Waals surface area contributed by atoms with Crippen LogP contribution in [0, 0.1) is 5.92 Å². The van der Waals surface area contributed by atoms with Crippen molar-refractivity contribution in [1.29, 1.82) is 0 Å². The second kappa shape index (κ2) is 22.4. The number of halogens is 3. The van der Waals surface area contributed by atoms with Crippen LogP contribution in [-0.2, 0) is 33.5 Å². The van der Waals surface area contributed by atoms with Crippen LogP contribution in [0.1, 0.15) is 45.1 Å². The Kier molecular flexibility index (Phi) is 14.3. The molecule has 12 aromatic rings. The zero-order valence-electron chi connectivity index (χ0n) is 43.6. The van der Waals surface area contributed by atoms with Crippen LogP contribution in [0.25, 0.3) is 77.3 Å². The number of aromatic nitrogens is 1. The van der Waals surface area contributed by atoms with Gasteiger partial charge in [-0.2, -0.15) is 13.2 Å². The topological polar surface area (TPSA) is 87.7 Å². The number of para-hydroxylation sites is 2. The molecule has 10 aromatic carbocycles. The molecule has 2 atom stereocenters. The Hall–Kier alpha value is -10.1. The van der Waals surface area contributed by atoms with Gasteiger partial charge in [0.2, 0.25) is 6.10 Å². The number of esters is 2. The van der Waals surface area contributed by atoms with Crippen molar-refractivity contribution in [3.8, 4) is 50.3 Å². The fraction of sp³-hybridized carbons (Fsp3) is 0.0845. The second-order valence-electron chi connectivity index (χ2n) is 20.1. The fourth-order valence-electron chi connectivity index (χ4n) is 10.5. The maximum absolute atomic E-state index is 14.2. The van der Waals surface area contributed by atoms with E-state index in [2.05, 4.69) is 71.4 Å². The Labute approximate surface area is 465 Å². The number of hydrogen-bond acceptors (Lipinski definition) is 6. The quantitative estimate of drug-likeness (QED) is 0.0544. The van der Waals surface area contributed by atoms with E-state index in [1.54, 1.807) is 66.7 Å². The second-order valence-corrected chi connectivity index (χ2v) is 20.1. The van der Waals surface area contributed by atoms with Gasteiger partial charge in [0.15, 0.2) is 5.78 Å². The van der Waals surface area contributed by atoms with Gasteiger partial charge in [-0.05, 0) is 98.3 Å². The molecular formula is C71H50F3NO6. The summed E-state index contributed by atoms with van der Waals surface area (Å²) in [4.78, 5) is 42.5. The lowest BCUT2D eigenvalue weighted by Crippen LogP contribution is -2.30. The Balaban J connectivity index is 0.742. The highest BCUT2D eigenvalue weighted by Gasteiger charge is 2.34. The predicted octanol–water partition coefficient (Wildman–Crippen LogP) is 17.6. The first-order valence-electron chi connectivity index (χ1n) is 26.6. The van der Waals surface area contributed by atoms with Crippen LogP contribution < -0.4 is 4.74 Å². The minimum Gasteiger partial charge on any atom is -0.474 e.